The van der Waals surface area contributed by atoms with E-state index < -0.39 is 0 Å². The summed E-state index contributed by atoms with van der Waals surface area (Å²) in [6.07, 6.45) is 11.8. The molecule has 220 valence electrons. The summed E-state index contributed by atoms with van der Waals surface area (Å²) in [6.45, 7) is 7.31. The maximum atomic E-state index is 13.7. The number of rotatable bonds is 13. The smallest absolute Gasteiger partial charge is 0.224 e. The number of likely N-dealkylation sites (tertiary alicyclic amines) is 1. The summed E-state index contributed by atoms with van der Waals surface area (Å²) in [5, 5.41) is 3.42. The monoisotopic (exact) mass is 561 g/mol. The number of aryl methyl sites for hydroxylation is 1. The molecule has 41 heavy (non-hydrogen) atoms. The van der Waals surface area contributed by atoms with E-state index in [9.17, 15) is 14.0 Å². The molecule has 7 nitrogen and oxygen atoms in total. The van der Waals surface area contributed by atoms with E-state index in [-0.39, 0.29) is 29.1 Å². The summed E-state index contributed by atoms with van der Waals surface area (Å²) in [6, 6.07) is 8.10. The number of aromatic nitrogens is 3. The number of unbranched alkanes of at least 4 members (excludes halogenated alkanes) is 2. The number of piperidine rings is 1. The molecule has 2 aromatic heterocycles. The van der Waals surface area contributed by atoms with E-state index >= 15 is 0 Å². The Hall–Kier alpha value is -3.26. The number of hydrogen-bond acceptors (Lipinski definition) is 4. The highest BCUT2D eigenvalue weighted by Crippen LogP contribution is 2.59. The van der Waals surface area contributed by atoms with E-state index in [1.807, 2.05) is 37.0 Å². The first-order valence-corrected chi connectivity index (χ1v) is 15.3. The number of nitrogens with zero attached hydrogens (tertiary/aromatic N) is 3. The van der Waals surface area contributed by atoms with E-state index in [1.54, 1.807) is 12.1 Å². The number of carbonyl (C=O) groups excluding carboxylic acids is 2. The molecule has 1 saturated heterocycles. The molecule has 0 bridgehead atoms. The third-order valence-electron chi connectivity index (χ3n) is 9.26. The molecule has 1 saturated carbocycles. The van der Waals surface area contributed by atoms with E-state index in [1.165, 1.54) is 12.1 Å². The first kappa shape index (κ1) is 29.2. The molecule has 8 heteroatoms. The van der Waals surface area contributed by atoms with Crippen LogP contribution >= 0.6 is 0 Å². The van der Waals surface area contributed by atoms with Crippen LogP contribution in [0.3, 0.4) is 0 Å². The number of amides is 1. The number of aromatic amines is 1. The van der Waals surface area contributed by atoms with Crippen molar-refractivity contribution in [2.75, 3.05) is 19.6 Å². The van der Waals surface area contributed by atoms with Crippen molar-refractivity contribution in [1.29, 1.82) is 0 Å². The first-order chi connectivity index (χ1) is 19.8. The van der Waals surface area contributed by atoms with Gasteiger partial charge in [-0.2, -0.15) is 0 Å². The molecular formula is C33H44FN5O2. The van der Waals surface area contributed by atoms with Gasteiger partial charge in [-0.3, -0.25) is 9.59 Å². The molecule has 2 atom stereocenters. The number of benzene rings is 1. The zero-order valence-electron chi connectivity index (χ0n) is 24.7. The van der Waals surface area contributed by atoms with Gasteiger partial charge in [-0.15, -0.1) is 0 Å². The van der Waals surface area contributed by atoms with Gasteiger partial charge in [0.25, 0.3) is 0 Å². The summed E-state index contributed by atoms with van der Waals surface area (Å²) < 4.78 is 15.7. The van der Waals surface area contributed by atoms with Gasteiger partial charge in [0.1, 0.15) is 17.4 Å². The second kappa shape index (κ2) is 12.7. The molecule has 3 heterocycles. The molecule has 1 unspecified atom stereocenters. The lowest BCUT2D eigenvalue weighted by Crippen LogP contribution is -2.37. The molecule has 1 amide bonds. The predicted octanol–water partition coefficient (Wildman–Crippen LogP) is 6.43. The summed E-state index contributed by atoms with van der Waals surface area (Å²) in [5.41, 5.74) is 3.61. The van der Waals surface area contributed by atoms with Crippen molar-refractivity contribution in [3.63, 3.8) is 0 Å². The zero-order valence-corrected chi connectivity index (χ0v) is 24.7. The van der Waals surface area contributed by atoms with Crippen molar-refractivity contribution in [2.45, 2.75) is 77.7 Å². The van der Waals surface area contributed by atoms with E-state index in [2.05, 4.69) is 22.1 Å². The standard InChI is InChI=1S/C33H44FN5O2/c1-4-26(40)9-7-6-8-10-28(35-32(41)27-21-33(27)16-19-39(5-2)20-17-33)30-29(24-15-18-38(3)22-24)36-31(37-30)23-11-13-25(34)14-12-23/h11-15,18,22,27-28H,4-10,16-17,19-21H2,1-3H3,(H,35,41)(H,36,37)/t27?,28-/m0/s1. The average molecular weight is 562 g/mol. The van der Waals surface area contributed by atoms with E-state index in [4.69, 9.17) is 4.98 Å². The Kier molecular flexibility index (Phi) is 9.07. The van der Waals surface area contributed by atoms with Gasteiger partial charge in [0.05, 0.1) is 17.4 Å². The van der Waals surface area contributed by atoms with Gasteiger partial charge in [0, 0.05) is 49.3 Å². The van der Waals surface area contributed by atoms with Gasteiger partial charge in [-0.1, -0.05) is 26.7 Å². The Balaban J connectivity index is 1.39. The van der Waals surface area contributed by atoms with Gasteiger partial charge < -0.3 is 19.8 Å². The van der Waals surface area contributed by atoms with Crippen LogP contribution in [0.2, 0.25) is 0 Å². The fourth-order valence-electron chi connectivity index (χ4n) is 6.41. The molecule has 5 rings (SSSR count). The third kappa shape index (κ3) is 6.80. The van der Waals surface area contributed by atoms with Gasteiger partial charge >= 0.3 is 0 Å². The van der Waals surface area contributed by atoms with Crippen LogP contribution in [0.1, 0.15) is 83.4 Å². The normalized spacial score (nSPS) is 18.9. The molecular weight excluding hydrogens is 517 g/mol. The number of H-pyrrole nitrogens is 1. The predicted molar refractivity (Wildman–Crippen MR) is 160 cm³/mol. The minimum absolute atomic E-state index is 0.0573. The van der Waals surface area contributed by atoms with Crippen molar-refractivity contribution >= 4 is 11.7 Å². The second-order valence-corrected chi connectivity index (χ2v) is 12.0. The van der Waals surface area contributed by atoms with Crippen LogP contribution in [0.4, 0.5) is 4.39 Å². The molecule has 1 aromatic carbocycles. The highest BCUT2D eigenvalue weighted by molar-refractivity contribution is 5.83. The Bertz CT molecular complexity index is 1340. The van der Waals surface area contributed by atoms with Crippen LogP contribution in [0.15, 0.2) is 42.7 Å². The quantitative estimate of drug-likeness (QED) is 0.236. The molecule has 2 fully saturated rings. The molecule has 1 aliphatic carbocycles. The largest absolute Gasteiger partial charge is 0.357 e. The summed E-state index contributed by atoms with van der Waals surface area (Å²) in [4.78, 5) is 36.5. The van der Waals surface area contributed by atoms with Crippen molar-refractivity contribution in [1.82, 2.24) is 24.8 Å². The van der Waals surface area contributed by atoms with Crippen LogP contribution < -0.4 is 5.32 Å². The van der Waals surface area contributed by atoms with Gasteiger partial charge in [-0.25, -0.2) is 9.37 Å². The third-order valence-corrected chi connectivity index (χ3v) is 9.26. The summed E-state index contributed by atoms with van der Waals surface area (Å²) in [5.74, 6) is 0.846. The number of hydrogen-bond donors (Lipinski definition) is 2. The molecule has 1 aliphatic heterocycles. The minimum Gasteiger partial charge on any atom is -0.357 e. The first-order valence-electron chi connectivity index (χ1n) is 15.3. The number of carbonyl (C=O) groups is 2. The number of ketones is 1. The van der Waals surface area contributed by atoms with Crippen LogP contribution in [0.25, 0.3) is 22.6 Å². The Labute approximate surface area is 242 Å². The SMILES string of the molecule is CCC(=O)CCCCC[C@H](NC(=O)C1CC12CCN(CC)CC2)c1nc(-c2ccc(F)cc2)[nH]c1-c1ccn(C)c1. The fourth-order valence-corrected chi connectivity index (χ4v) is 6.41. The van der Waals surface area contributed by atoms with Crippen molar-refractivity contribution in [2.24, 2.45) is 18.4 Å². The molecule has 1 spiro atoms. The number of imidazole rings is 1. The molecule has 2 aliphatic rings. The maximum absolute atomic E-state index is 13.7. The Morgan fingerprint density at radius 3 is 2.51 bits per heavy atom. The van der Waals surface area contributed by atoms with Crippen LogP contribution in [0, 0.1) is 17.2 Å². The topological polar surface area (TPSA) is 83.0 Å². The Morgan fingerprint density at radius 1 is 1.10 bits per heavy atom. The minimum atomic E-state index is -0.293. The van der Waals surface area contributed by atoms with Crippen molar-refractivity contribution < 1.29 is 14.0 Å². The lowest BCUT2D eigenvalue weighted by molar-refractivity contribution is -0.124. The van der Waals surface area contributed by atoms with Crippen molar-refractivity contribution in [3.8, 4) is 22.6 Å². The molecule has 0 radical (unpaired) electrons. The Morgan fingerprint density at radius 2 is 1.85 bits per heavy atom. The average Bonchev–Trinajstić information content (AvgIpc) is 3.27. The second-order valence-electron chi connectivity index (χ2n) is 12.0. The summed E-state index contributed by atoms with van der Waals surface area (Å²) in [7, 11) is 1.98. The summed E-state index contributed by atoms with van der Waals surface area (Å²) >= 11 is 0. The number of halogens is 1. The zero-order chi connectivity index (χ0) is 29.0. The van der Waals surface area contributed by atoms with Gasteiger partial charge in [0.15, 0.2) is 0 Å². The number of Topliss-reactive ketones (excluding diaryl/α,β-unsaturated/α-hetero) is 1. The van der Waals surface area contributed by atoms with Crippen molar-refractivity contribution in [3.05, 3.63) is 54.2 Å². The molecule has 3 aromatic rings. The lowest BCUT2D eigenvalue weighted by Gasteiger charge is -2.32. The van der Waals surface area contributed by atoms with Gasteiger partial charge in [-0.05, 0) is 87.5 Å². The number of nitrogens with one attached hydrogen (secondary N) is 2. The van der Waals surface area contributed by atoms with Crippen LogP contribution in [-0.4, -0.2) is 50.8 Å². The molecule has 2 N–H and O–H groups in total. The van der Waals surface area contributed by atoms with Crippen LogP contribution in [0.5, 0.6) is 0 Å². The van der Waals surface area contributed by atoms with E-state index in [0.29, 0.717) is 24.4 Å². The van der Waals surface area contributed by atoms with E-state index in [0.717, 1.165) is 87.1 Å². The van der Waals surface area contributed by atoms with Crippen LogP contribution in [-0.2, 0) is 16.6 Å². The highest BCUT2D eigenvalue weighted by atomic mass is 19.1. The maximum Gasteiger partial charge on any atom is 0.224 e. The van der Waals surface area contributed by atoms with Gasteiger partial charge in [0.2, 0.25) is 5.91 Å². The lowest BCUT2D eigenvalue weighted by atomic mass is 9.90. The highest BCUT2D eigenvalue weighted by Gasteiger charge is 2.58. The fraction of sp³-hybridized carbons (Fsp3) is 0.545.